The van der Waals surface area contributed by atoms with Crippen molar-refractivity contribution in [1.82, 2.24) is 14.8 Å². The highest BCUT2D eigenvalue weighted by Crippen LogP contribution is 2.32. The summed E-state index contributed by atoms with van der Waals surface area (Å²) in [5.41, 5.74) is 5.68. The number of nitrogens with two attached hydrogens (primary N) is 1. The molecule has 0 radical (unpaired) electrons. The SMILES string of the molecule is Cn1ncnc1NC(=O)CC1(N)CCC1. The maximum Gasteiger partial charge on any atom is 0.228 e. The molecule has 1 saturated carbocycles. The Kier molecular flexibility index (Phi) is 2.44. The largest absolute Gasteiger partial charge is 0.325 e. The molecular formula is C9H15N5O. The van der Waals surface area contributed by atoms with Gasteiger partial charge in [-0.05, 0) is 19.3 Å². The van der Waals surface area contributed by atoms with Gasteiger partial charge in [-0.15, -0.1) is 0 Å². The van der Waals surface area contributed by atoms with Crippen LogP contribution in [0.25, 0.3) is 0 Å². The smallest absolute Gasteiger partial charge is 0.228 e. The van der Waals surface area contributed by atoms with E-state index in [2.05, 4.69) is 15.4 Å². The Hall–Kier alpha value is -1.43. The van der Waals surface area contributed by atoms with Crippen molar-refractivity contribution in [2.24, 2.45) is 12.8 Å². The monoisotopic (exact) mass is 209 g/mol. The molecule has 0 aliphatic heterocycles. The molecule has 0 spiro atoms. The number of nitrogens with one attached hydrogen (secondary N) is 1. The molecule has 1 aromatic rings. The number of carbonyl (C=O) groups excluding carboxylic acids is 1. The fraction of sp³-hybridized carbons (Fsp3) is 0.667. The molecule has 3 N–H and O–H groups in total. The first-order chi connectivity index (χ1) is 7.09. The third kappa shape index (κ3) is 2.15. The van der Waals surface area contributed by atoms with Crippen LogP contribution in [0.15, 0.2) is 6.33 Å². The molecular weight excluding hydrogens is 194 g/mol. The van der Waals surface area contributed by atoms with Gasteiger partial charge in [0, 0.05) is 19.0 Å². The Morgan fingerprint density at radius 2 is 2.47 bits per heavy atom. The van der Waals surface area contributed by atoms with E-state index in [0.29, 0.717) is 12.4 Å². The van der Waals surface area contributed by atoms with E-state index < -0.39 is 0 Å². The van der Waals surface area contributed by atoms with Crippen LogP contribution >= 0.6 is 0 Å². The Morgan fingerprint density at radius 3 is 2.93 bits per heavy atom. The number of amides is 1. The second-order valence-electron chi connectivity index (χ2n) is 4.15. The van der Waals surface area contributed by atoms with Gasteiger partial charge in [0.05, 0.1) is 0 Å². The van der Waals surface area contributed by atoms with E-state index in [1.807, 2.05) is 0 Å². The molecule has 0 unspecified atom stereocenters. The van der Waals surface area contributed by atoms with Gasteiger partial charge in [0.1, 0.15) is 6.33 Å². The second kappa shape index (κ2) is 3.62. The predicted octanol–water partition coefficient (Wildman–Crippen LogP) is 0.0251. The molecule has 15 heavy (non-hydrogen) atoms. The number of hydrogen-bond acceptors (Lipinski definition) is 4. The van der Waals surface area contributed by atoms with Crippen LogP contribution in [-0.4, -0.2) is 26.2 Å². The number of aromatic nitrogens is 3. The lowest BCUT2D eigenvalue weighted by Crippen LogP contribution is -2.49. The molecule has 0 aromatic carbocycles. The molecule has 1 fully saturated rings. The molecule has 1 aliphatic rings. The van der Waals surface area contributed by atoms with E-state index in [-0.39, 0.29) is 11.4 Å². The van der Waals surface area contributed by atoms with Gasteiger partial charge in [0.15, 0.2) is 0 Å². The average molecular weight is 209 g/mol. The predicted molar refractivity (Wildman–Crippen MR) is 55.0 cm³/mol. The van der Waals surface area contributed by atoms with Crippen molar-refractivity contribution in [2.45, 2.75) is 31.2 Å². The third-order valence-electron chi connectivity index (χ3n) is 2.82. The first kappa shape index (κ1) is 10.1. The summed E-state index contributed by atoms with van der Waals surface area (Å²) in [4.78, 5) is 15.5. The van der Waals surface area contributed by atoms with E-state index in [1.165, 1.54) is 11.0 Å². The molecule has 0 atom stereocenters. The molecule has 1 amide bonds. The van der Waals surface area contributed by atoms with E-state index >= 15 is 0 Å². The highest BCUT2D eigenvalue weighted by atomic mass is 16.1. The standard InChI is InChI=1S/C9H15N5O/c1-14-8(11-6-12-14)13-7(15)5-9(10)3-2-4-9/h6H,2-5,10H2,1H3,(H,11,12,13,15). The third-order valence-corrected chi connectivity index (χ3v) is 2.82. The summed E-state index contributed by atoms with van der Waals surface area (Å²) in [6.07, 6.45) is 4.74. The average Bonchev–Trinajstić information content (AvgIpc) is 2.49. The Labute approximate surface area is 87.9 Å². The summed E-state index contributed by atoms with van der Waals surface area (Å²) in [5.74, 6) is 0.372. The summed E-state index contributed by atoms with van der Waals surface area (Å²) < 4.78 is 1.52. The highest BCUT2D eigenvalue weighted by Gasteiger charge is 2.34. The van der Waals surface area contributed by atoms with Crippen LogP contribution in [0, 0.1) is 0 Å². The number of aryl methyl sites for hydroxylation is 1. The summed E-state index contributed by atoms with van der Waals surface area (Å²) >= 11 is 0. The maximum atomic E-state index is 11.6. The zero-order valence-corrected chi connectivity index (χ0v) is 8.73. The molecule has 1 aliphatic carbocycles. The summed E-state index contributed by atoms with van der Waals surface area (Å²) in [7, 11) is 1.73. The molecule has 82 valence electrons. The number of rotatable bonds is 3. The molecule has 0 bridgehead atoms. The number of anilines is 1. The van der Waals surface area contributed by atoms with E-state index in [4.69, 9.17) is 5.73 Å². The van der Waals surface area contributed by atoms with Crippen LogP contribution in [-0.2, 0) is 11.8 Å². The van der Waals surface area contributed by atoms with Crippen LogP contribution in [0.2, 0.25) is 0 Å². The van der Waals surface area contributed by atoms with Crippen molar-refractivity contribution >= 4 is 11.9 Å². The number of nitrogens with zero attached hydrogens (tertiary/aromatic N) is 3. The Balaban J connectivity index is 1.90. The first-order valence-corrected chi connectivity index (χ1v) is 5.02. The minimum Gasteiger partial charge on any atom is -0.325 e. The van der Waals surface area contributed by atoms with Crippen LogP contribution in [0.5, 0.6) is 0 Å². The Bertz CT molecular complexity index is 368. The van der Waals surface area contributed by atoms with Gasteiger partial charge in [-0.1, -0.05) is 0 Å². The van der Waals surface area contributed by atoms with Crippen LogP contribution in [0.1, 0.15) is 25.7 Å². The van der Waals surface area contributed by atoms with E-state index in [9.17, 15) is 4.79 Å². The minimum atomic E-state index is -0.289. The van der Waals surface area contributed by atoms with Crippen LogP contribution < -0.4 is 11.1 Å². The molecule has 1 heterocycles. The van der Waals surface area contributed by atoms with Gasteiger partial charge in [0.2, 0.25) is 11.9 Å². The van der Waals surface area contributed by atoms with Crippen LogP contribution in [0.4, 0.5) is 5.95 Å². The lowest BCUT2D eigenvalue weighted by molar-refractivity contribution is -0.118. The summed E-state index contributed by atoms with van der Waals surface area (Å²) in [6.45, 7) is 0. The Morgan fingerprint density at radius 1 is 1.73 bits per heavy atom. The van der Waals surface area contributed by atoms with Crippen molar-refractivity contribution in [2.75, 3.05) is 5.32 Å². The zero-order chi connectivity index (χ0) is 10.9. The van der Waals surface area contributed by atoms with Crippen molar-refractivity contribution in [1.29, 1.82) is 0 Å². The number of hydrogen-bond donors (Lipinski definition) is 2. The summed E-state index contributed by atoms with van der Waals surface area (Å²) in [5, 5.41) is 6.54. The van der Waals surface area contributed by atoms with E-state index in [0.717, 1.165) is 19.3 Å². The van der Waals surface area contributed by atoms with Gasteiger partial charge >= 0.3 is 0 Å². The quantitative estimate of drug-likeness (QED) is 0.735. The normalized spacial score (nSPS) is 18.3. The van der Waals surface area contributed by atoms with Gasteiger partial charge in [-0.3, -0.25) is 10.1 Å². The topological polar surface area (TPSA) is 85.8 Å². The zero-order valence-electron chi connectivity index (χ0n) is 8.73. The molecule has 6 nitrogen and oxygen atoms in total. The second-order valence-corrected chi connectivity index (χ2v) is 4.15. The van der Waals surface area contributed by atoms with Gasteiger partial charge < -0.3 is 5.73 Å². The van der Waals surface area contributed by atoms with Gasteiger partial charge in [-0.2, -0.15) is 10.1 Å². The van der Waals surface area contributed by atoms with E-state index in [1.54, 1.807) is 7.05 Å². The van der Waals surface area contributed by atoms with Crippen molar-refractivity contribution < 1.29 is 4.79 Å². The summed E-state index contributed by atoms with van der Waals surface area (Å²) in [6, 6.07) is 0. The van der Waals surface area contributed by atoms with Crippen LogP contribution in [0.3, 0.4) is 0 Å². The molecule has 1 aromatic heterocycles. The maximum absolute atomic E-state index is 11.6. The van der Waals surface area contributed by atoms with Gasteiger partial charge in [0.25, 0.3) is 0 Å². The van der Waals surface area contributed by atoms with Crippen molar-refractivity contribution in [3.05, 3.63) is 6.33 Å². The lowest BCUT2D eigenvalue weighted by atomic mass is 9.75. The molecule has 6 heteroatoms. The highest BCUT2D eigenvalue weighted by molar-refractivity contribution is 5.89. The fourth-order valence-corrected chi connectivity index (χ4v) is 1.71. The van der Waals surface area contributed by atoms with Crippen molar-refractivity contribution in [3.63, 3.8) is 0 Å². The lowest BCUT2D eigenvalue weighted by Gasteiger charge is -2.37. The molecule has 0 saturated heterocycles. The minimum absolute atomic E-state index is 0.0895. The molecule has 2 rings (SSSR count). The number of carbonyl (C=O) groups is 1. The first-order valence-electron chi connectivity index (χ1n) is 5.02. The van der Waals surface area contributed by atoms with Crippen molar-refractivity contribution in [3.8, 4) is 0 Å². The van der Waals surface area contributed by atoms with Gasteiger partial charge in [-0.25, -0.2) is 4.68 Å². The fourth-order valence-electron chi connectivity index (χ4n) is 1.71.